The number of methoxy groups -OCH3 is 1. The summed E-state index contributed by atoms with van der Waals surface area (Å²) in [4.78, 5) is 26.2. The molecule has 0 bridgehead atoms. The molecule has 3 aromatic rings. The Labute approximate surface area is 175 Å². The largest absolute Gasteiger partial charge is 0.497 e. The molecule has 30 heavy (non-hydrogen) atoms. The van der Waals surface area contributed by atoms with Gasteiger partial charge in [-0.05, 0) is 30.3 Å². The van der Waals surface area contributed by atoms with Crippen LogP contribution in [0.1, 0.15) is 30.1 Å². The number of likely N-dealkylation sites (tertiary alicyclic amines) is 1. The summed E-state index contributed by atoms with van der Waals surface area (Å²) in [6, 6.07) is 15.5. The second-order valence-electron chi connectivity index (χ2n) is 7.72. The van der Waals surface area contributed by atoms with Crippen molar-refractivity contribution < 1.29 is 14.4 Å². The number of fused-ring (bicyclic) bond motifs is 1. The number of ether oxygens (including phenoxy) is 1. The van der Waals surface area contributed by atoms with E-state index in [0.717, 1.165) is 18.8 Å². The van der Waals surface area contributed by atoms with Crippen molar-refractivity contribution in [2.45, 2.75) is 25.3 Å². The maximum Gasteiger partial charge on any atom is 0.272 e. The van der Waals surface area contributed by atoms with Crippen LogP contribution in [0.5, 0.6) is 5.75 Å². The fourth-order valence-electron chi connectivity index (χ4n) is 4.25. The summed E-state index contributed by atoms with van der Waals surface area (Å²) < 4.78 is 5.27. The smallest absolute Gasteiger partial charge is 0.272 e. The van der Waals surface area contributed by atoms with Gasteiger partial charge in [-0.15, -0.1) is 0 Å². The monoisotopic (exact) mass is 407 g/mol. The van der Waals surface area contributed by atoms with Crippen LogP contribution in [0.2, 0.25) is 0 Å². The lowest BCUT2D eigenvalue weighted by Gasteiger charge is -2.25. The van der Waals surface area contributed by atoms with Crippen LogP contribution in [0.15, 0.2) is 53.3 Å². The Bertz CT molecular complexity index is 1070. The summed E-state index contributed by atoms with van der Waals surface area (Å²) in [5, 5.41) is 11.0. The van der Waals surface area contributed by atoms with Crippen LogP contribution >= 0.6 is 0 Å². The predicted octanol–water partition coefficient (Wildman–Crippen LogP) is 1.01. The number of nitrogens with one attached hydrogen (secondary N) is 3. The van der Waals surface area contributed by atoms with Crippen molar-refractivity contribution in [3.8, 4) is 5.75 Å². The van der Waals surface area contributed by atoms with Crippen LogP contribution in [0.4, 0.5) is 0 Å². The quantitative estimate of drug-likeness (QED) is 0.546. The second-order valence-corrected chi connectivity index (χ2v) is 7.72. The molecule has 1 aliphatic heterocycles. The Kier molecular flexibility index (Phi) is 6.09. The Hall–Kier alpha value is -3.19. The fourth-order valence-corrected chi connectivity index (χ4v) is 4.25. The van der Waals surface area contributed by atoms with E-state index in [4.69, 9.17) is 4.74 Å². The molecule has 4 rings (SSSR count). The van der Waals surface area contributed by atoms with Crippen molar-refractivity contribution in [2.75, 3.05) is 26.7 Å². The molecule has 2 heterocycles. The predicted molar refractivity (Wildman–Crippen MR) is 115 cm³/mol. The zero-order valence-corrected chi connectivity index (χ0v) is 17.1. The normalized spacial score (nSPS) is 15.2. The van der Waals surface area contributed by atoms with E-state index >= 15 is 0 Å². The minimum absolute atomic E-state index is 0.100. The van der Waals surface area contributed by atoms with E-state index in [2.05, 4.69) is 27.6 Å². The number of rotatable bonds is 7. The van der Waals surface area contributed by atoms with Crippen molar-refractivity contribution >= 4 is 16.7 Å². The maximum absolute atomic E-state index is 12.7. The zero-order chi connectivity index (χ0) is 20.9. The maximum atomic E-state index is 12.7. The molecule has 3 N–H and O–H groups in total. The zero-order valence-electron chi connectivity index (χ0n) is 17.1. The van der Waals surface area contributed by atoms with E-state index in [-0.39, 0.29) is 23.9 Å². The van der Waals surface area contributed by atoms with E-state index in [9.17, 15) is 9.59 Å². The number of carbonyl (C=O) groups is 1. The molecule has 0 unspecified atom stereocenters. The Morgan fingerprint density at radius 3 is 2.53 bits per heavy atom. The van der Waals surface area contributed by atoms with Gasteiger partial charge in [0.05, 0.1) is 44.2 Å². The summed E-state index contributed by atoms with van der Waals surface area (Å²) >= 11 is 0. The second kappa shape index (κ2) is 9.09. The standard InChI is InChI=1S/C23H26N4O3/c1-30-17-10-8-16(9-11-17)21(27-12-4-5-13-27)15-24-22(28)14-20-18-6-2-3-7-19(18)23(29)26-25-20/h2-3,6-11,21H,4-5,12-15H2,1H3,(H,24,28)(H,26,29)/p+1/t21-/m1/s1. The number of aromatic amines is 1. The fraction of sp³-hybridized carbons (Fsp3) is 0.348. The summed E-state index contributed by atoms with van der Waals surface area (Å²) in [5.74, 6) is 0.728. The first-order chi connectivity index (χ1) is 14.7. The Morgan fingerprint density at radius 1 is 1.13 bits per heavy atom. The average Bonchev–Trinajstić information content (AvgIpc) is 3.31. The molecule has 0 radical (unpaired) electrons. The van der Waals surface area contributed by atoms with Crippen molar-refractivity contribution in [1.29, 1.82) is 0 Å². The number of H-pyrrole nitrogens is 1. The molecule has 1 saturated heterocycles. The van der Waals surface area contributed by atoms with Crippen molar-refractivity contribution in [3.05, 3.63) is 70.1 Å². The highest BCUT2D eigenvalue weighted by Gasteiger charge is 2.28. The molecule has 2 aromatic carbocycles. The highest BCUT2D eigenvalue weighted by atomic mass is 16.5. The SMILES string of the molecule is COc1ccc([C@@H](CNC(=O)Cc2n[nH]c(=O)c3ccccc23)[NH+]2CCCC2)cc1. The number of hydrogen-bond acceptors (Lipinski definition) is 4. The van der Waals surface area contributed by atoms with Crippen LogP contribution < -0.4 is 20.5 Å². The molecule has 1 aliphatic rings. The molecule has 1 atom stereocenters. The summed E-state index contributed by atoms with van der Waals surface area (Å²) in [7, 11) is 1.66. The van der Waals surface area contributed by atoms with Crippen LogP contribution in [0.3, 0.4) is 0 Å². The van der Waals surface area contributed by atoms with Crippen LogP contribution in [0.25, 0.3) is 10.8 Å². The molecular formula is C23H27N4O3+. The number of carbonyl (C=O) groups excluding carboxylic acids is 1. The van der Waals surface area contributed by atoms with Gasteiger partial charge in [-0.1, -0.05) is 18.2 Å². The summed E-state index contributed by atoms with van der Waals surface area (Å²) in [6.45, 7) is 2.78. The van der Waals surface area contributed by atoms with Gasteiger partial charge >= 0.3 is 0 Å². The van der Waals surface area contributed by atoms with E-state index in [1.807, 2.05) is 24.3 Å². The molecule has 1 fully saturated rings. The highest BCUT2D eigenvalue weighted by Crippen LogP contribution is 2.17. The Balaban J connectivity index is 1.47. The molecule has 7 nitrogen and oxygen atoms in total. The molecular weight excluding hydrogens is 380 g/mol. The van der Waals surface area contributed by atoms with Gasteiger partial charge in [0.15, 0.2) is 0 Å². The topological polar surface area (TPSA) is 88.5 Å². The van der Waals surface area contributed by atoms with E-state index < -0.39 is 0 Å². The lowest BCUT2D eigenvalue weighted by atomic mass is 10.0. The van der Waals surface area contributed by atoms with Crippen molar-refractivity contribution in [3.63, 3.8) is 0 Å². The van der Waals surface area contributed by atoms with Gasteiger partial charge in [0.2, 0.25) is 5.91 Å². The van der Waals surface area contributed by atoms with Crippen molar-refractivity contribution in [2.24, 2.45) is 0 Å². The van der Waals surface area contributed by atoms with Gasteiger partial charge in [-0.2, -0.15) is 5.10 Å². The average molecular weight is 407 g/mol. The van der Waals surface area contributed by atoms with Crippen LogP contribution in [-0.4, -0.2) is 42.8 Å². The Morgan fingerprint density at radius 2 is 1.83 bits per heavy atom. The third kappa shape index (κ3) is 4.36. The first kappa shape index (κ1) is 20.1. The molecule has 1 amide bonds. The van der Waals surface area contributed by atoms with Gasteiger partial charge in [-0.25, -0.2) is 5.10 Å². The number of benzene rings is 2. The van der Waals surface area contributed by atoms with Crippen molar-refractivity contribution in [1.82, 2.24) is 15.5 Å². The minimum Gasteiger partial charge on any atom is -0.497 e. The minimum atomic E-state index is -0.244. The van der Waals surface area contributed by atoms with E-state index in [0.29, 0.717) is 23.0 Å². The first-order valence-corrected chi connectivity index (χ1v) is 10.4. The van der Waals surface area contributed by atoms with Gasteiger partial charge in [0.25, 0.3) is 5.56 Å². The molecule has 1 aromatic heterocycles. The molecule has 0 spiro atoms. The van der Waals surface area contributed by atoms with Gasteiger partial charge in [0.1, 0.15) is 11.8 Å². The molecule has 7 heteroatoms. The lowest BCUT2D eigenvalue weighted by Crippen LogP contribution is -3.11. The first-order valence-electron chi connectivity index (χ1n) is 10.4. The number of quaternary nitrogens is 1. The highest BCUT2D eigenvalue weighted by molar-refractivity contribution is 5.88. The molecule has 0 aliphatic carbocycles. The van der Waals surface area contributed by atoms with Crippen LogP contribution in [0, 0.1) is 0 Å². The third-order valence-electron chi connectivity index (χ3n) is 5.86. The number of nitrogens with zero attached hydrogens (tertiary/aromatic N) is 1. The van der Waals surface area contributed by atoms with E-state index in [1.54, 1.807) is 19.2 Å². The summed E-state index contributed by atoms with van der Waals surface area (Å²) in [6.07, 6.45) is 2.55. The number of hydrogen-bond donors (Lipinski definition) is 3. The third-order valence-corrected chi connectivity index (χ3v) is 5.86. The number of amides is 1. The van der Waals surface area contributed by atoms with Crippen LogP contribution in [-0.2, 0) is 11.2 Å². The van der Waals surface area contributed by atoms with Gasteiger partial charge in [0, 0.05) is 23.8 Å². The van der Waals surface area contributed by atoms with E-state index in [1.165, 1.54) is 23.3 Å². The lowest BCUT2D eigenvalue weighted by molar-refractivity contribution is -0.918. The van der Waals surface area contributed by atoms with Gasteiger partial charge in [-0.3, -0.25) is 9.59 Å². The number of aromatic nitrogens is 2. The molecule has 0 saturated carbocycles. The molecule has 156 valence electrons. The van der Waals surface area contributed by atoms with Gasteiger partial charge < -0.3 is 15.0 Å². The summed E-state index contributed by atoms with van der Waals surface area (Å²) in [5.41, 5.74) is 1.53.